The van der Waals surface area contributed by atoms with Crippen molar-refractivity contribution in [1.82, 2.24) is 5.32 Å². The van der Waals surface area contributed by atoms with Crippen LogP contribution in [-0.4, -0.2) is 8.42 Å². The first-order valence-corrected chi connectivity index (χ1v) is 8.33. The molecule has 21 heavy (non-hydrogen) atoms. The number of sulfonamides is 1. The summed E-state index contributed by atoms with van der Waals surface area (Å²) < 4.78 is 22.7. The maximum absolute atomic E-state index is 11.3. The van der Waals surface area contributed by atoms with Crippen molar-refractivity contribution in [3.8, 4) is 0 Å². The van der Waals surface area contributed by atoms with Crippen LogP contribution in [-0.2, 0) is 16.6 Å². The Bertz CT molecular complexity index is 727. The number of hydrogen-bond donors (Lipinski definition) is 2. The highest BCUT2D eigenvalue weighted by Crippen LogP contribution is 2.17. The van der Waals surface area contributed by atoms with Gasteiger partial charge in [0.05, 0.1) is 4.90 Å². The molecule has 0 bridgehead atoms. The second-order valence-electron chi connectivity index (χ2n) is 5.15. The maximum atomic E-state index is 11.3. The quantitative estimate of drug-likeness (QED) is 0.891. The van der Waals surface area contributed by atoms with E-state index < -0.39 is 10.0 Å². The smallest absolute Gasteiger partial charge is 0.238 e. The lowest BCUT2D eigenvalue weighted by molar-refractivity contribution is 0.571. The van der Waals surface area contributed by atoms with E-state index in [9.17, 15) is 8.42 Å². The summed E-state index contributed by atoms with van der Waals surface area (Å²) in [7, 11) is -3.65. The first-order valence-electron chi connectivity index (χ1n) is 6.78. The fraction of sp³-hybridized carbons (Fsp3) is 0.250. The number of hydrogen-bond acceptors (Lipinski definition) is 3. The minimum Gasteiger partial charge on any atom is -0.306 e. The van der Waals surface area contributed by atoms with Gasteiger partial charge >= 0.3 is 0 Å². The highest BCUT2D eigenvalue weighted by molar-refractivity contribution is 7.89. The van der Waals surface area contributed by atoms with E-state index in [0.29, 0.717) is 6.54 Å². The average Bonchev–Trinajstić information content (AvgIpc) is 2.45. The lowest BCUT2D eigenvalue weighted by atomic mass is 10.0. The molecule has 2 rings (SSSR count). The summed E-state index contributed by atoms with van der Waals surface area (Å²) in [5.74, 6) is 0. The summed E-state index contributed by atoms with van der Waals surface area (Å²) in [5.41, 5.74) is 3.36. The van der Waals surface area contributed by atoms with E-state index in [2.05, 4.69) is 31.3 Å². The van der Waals surface area contributed by atoms with Crippen molar-refractivity contribution >= 4 is 10.0 Å². The Balaban J connectivity index is 2.09. The zero-order valence-corrected chi connectivity index (χ0v) is 13.0. The minimum absolute atomic E-state index is 0.144. The van der Waals surface area contributed by atoms with Crippen molar-refractivity contribution < 1.29 is 8.42 Å². The van der Waals surface area contributed by atoms with E-state index in [0.717, 1.165) is 5.56 Å². The molecule has 0 spiro atoms. The molecule has 0 fully saturated rings. The molecule has 0 amide bonds. The number of primary sulfonamides is 1. The van der Waals surface area contributed by atoms with Gasteiger partial charge in [-0.25, -0.2) is 13.6 Å². The second kappa shape index (κ2) is 6.39. The van der Waals surface area contributed by atoms with Gasteiger partial charge in [0, 0.05) is 12.6 Å². The number of benzene rings is 2. The molecule has 3 N–H and O–H groups in total. The van der Waals surface area contributed by atoms with Crippen LogP contribution in [0.4, 0.5) is 0 Å². The molecule has 2 aromatic rings. The fourth-order valence-corrected chi connectivity index (χ4v) is 2.87. The second-order valence-corrected chi connectivity index (χ2v) is 6.71. The molecule has 4 nitrogen and oxygen atoms in total. The molecule has 0 saturated carbocycles. The number of nitrogens with two attached hydrogens (primary N) is 1. The van der Waals surface area contributed by atoms with Crippen LogP contribution >= 0.6 is 0 Å². The molecule has 0 aromatic heterocycles. The molecule has 112 valence electrons. The Kier molecular flexibility index (Phi) is 4.77. The van der Waals surface area contributed by atoms with Crippen molar-refractivity contribution in [2.45, 2.75) is 31.3 Å². The Morgan fingerprint density at radius 2 is 1.86 bits per heavy atom. The molecule has 0 saturated heterocycles. The van der Waals surface area contributed by atoms with Gasteiger partial charge in [0.15, 0.2) is 0 Å². The number of aryl methyl sites for hydroxylation is 1. The van der Waals surface area contributed by atoms with Gasteiger partial charge in [0.25, 0.3) is 0 Å². The molecule has 5 heteroatoms. The van der Waals surface area contributed by atoms with Crippen LogP contribution in [0, 0.1) is 6.92 Å². The van der Waals surface area contributed by atoms with Crippen LogP contribution in [0.3, 0.4) is 0 Å². The molecule has 0 radical (unpaired) electrons. The predicted molar refractivity (Wildman–Crippen MR) is 84.2 cm³/mol. The Labute approximate surface area is 126 Å². The predicted octanol–water partition coefficient (Wildman–Crippen LogP) is 2.49. The highest BCUT2D eigenvalue weighted by Gasteiger charge is 2.10. The van der Waals surface area contributed by atoms with Gasteiger partial charge in [-0.1, -0.05) is 36.4 Å². The maximum Gasteiger partial charge on any atom is 0.238 e. The van der Waals surface area contributed by atoms with E-state index in [-0.39, 0.29) is 10.9 Å². The Hall–Kier alpha value is -1.69. The van der Waals surface area contributed by atoms with E-state index in [1.54, 1.807) is 12.1 Å². The van der Waals surface area contributed by atoms with Gasteiger partial charge in [-0.2, -0.15) is 0 Å². The monoisotopic (exact) mass is 304 g/mol. The Morgan fingerprint density at radius 3 is 2.52 bits per heavy atom. The molecular weight excluding hydrogens is 284 g/mol. The third kappa shape index (κ3) is 4.14. The third-order valence-electron chi connectivity index (χ3n) is 3.49. The molecule has 1 unspecified atom stereocenters. The summed E-state index contributed by atoms with van der Waals surface area (Å²) in [5, 5.41) is 8.54. The van der Waals surface area contributed by atoms with Crippen molar-refractivity contribution in [1.29, 1.82) is 0 Å². The zero-order valence-electron chi connectivity index (χ0n) is 12.2. The van der Waals surface area contributed by atoms with Gasteiger partial charge in [0.1, 0.15) is 0 Å². The van der Waals surface area contributed by atoms with Gasteiger partial charge in [0.2, 0.25) is 10.0 Å². The van der Waals surface area contributed by atoms with Crippen molar-refractivity contribution in [3.63, 3.8) is 0 Å². The first-order chi connectivity index (χ1) is 9.88. The van der Waals surface area contributed by atoms with Gasteiger partial charge in [-0.05, 0) is 42.7 Å². The largest absolute Gasteiger partial charge is 0.306 e. The molecule has 1 atom stereocenters. The zero-order chi connectivity index (χ0) is 15.5. The summed E-state index contributed by atoms with van der Waals surface area (Å²) in [4.78, 5) is 0.144. The van der Waals surface area contributed by atoms with Crippen LogP contribution in [0.5, 0.6) is 0 Å². The van der Waals surface area contributed by atoms with Crippen LogP contribution < -0.4 is 10.5 Å². The van der Waals surface area contributed by atoms with Crippen LogP contribution in [0.15, 0.2) is 53.4 Å². The third-order valence-corrected chi connectivity index (χ3v) is 4.41. The molecule has 0 aliphatic carbocycles. The number of rotatable bonds is 5. The number of nitrogens with one attached hydrogen (secondary N) is 1. The summed E-state index contributed by atoms with van der Waals surface area (Å²) in [6.07, 6.45) is 0. The minimum atomic E-state index is -3.65. The lowest BCUT2D eigenvalue weighted by Gasteiger charge is -2.16. The van der Waals surface area contributed by atoms with E-state index in [1.807, 2.05) is 18.2 Å². The van der Waals surface area contributed by atoms with E-state index in [4.69, 9.17) is 5.14 Å². The topological polar surface area (TPSA) is 72.2 Å². The molecule has 0 aliphatic heterocycles. The lowest BCUT2D eigenvalue weighted by Crippen LogP contribution is -2.19. The van der Waals surface area contributed by atoms with Crippen molar-refractivity contribution in [2.24, 2.45) is 5.14 Å². The normalized spacial score (nSPS) is 13.1. The van der Waals surface area contributed by atoms with Crippen LogP contribution in [0.2, 0.25) is 0 Å². The van der Waals surface area contributed by atoms with Gasteiger partial charge in [-0.15, -0.1) is 0 Å². The Morgan fingerprint density at radius 1 is 1.14 bits per heavy atom. The summed E-state index contributed by atoms with van der Waals surface area (Å²) in [6.45, 7) is 4.75. The first kappa shape index (κ1) is 15.7. The standard InChI is InChI=1S/C16H20N2O2S/c1-12-6-3-4-9-16(12)13(2)18-11-14-7-5-8-15(10-14)21(17,19)20/h3-10,13,18H,11H2,1-2H3,(H2,17,19,20). The molecule has 0 heterocycles. The fourth-order valence-electron chi connectivity index (χ4n) is 2.29. The van der Waals surface area contributed by atoms with Gasteiger partial charge < -0.3 is 5.32 Å². The summed E-state index contributed by atoms with van der Waals surface area (Å²) in [6, 6.07) is 15.1. The van der Waals surface area contributed by atoms with Crippen molar-refractivity contribution in [2.75, 3.05) is 0 Å². The van der Waals surface area contributed by atoms with Crippen LogP contribution in [0.25, 0.3) is 0 Å². The van der Waals surface area contributed by atoms with E-state index >= 15 is 0 Å². The summed E-state index contributed by atoms with van der Waals surface area (Å²) >= 11 is 0. The van der Waals surface area contributed by atoms with Crippen LogP contribution in [0.1, 0.15) is 29.7 Å². The van der Waals surface area contributed by atoms with Gasteiger partial charge in [-0.3, -0.25) is 0 Å². The molecule has 2 aromatic carbocycles. The molecule has 0 aliphatic rings. The van der Waals surface area contributed by atoms with E-state index in [1.165, 1.54) is 17.2 Å². The van der Waals surface area contributed by atoms with Crippen molar-refractivity contribution in [3.05, 3.63) is 65.2 Å². The SMILES string of the molecule is Cc1ccccc1C(C)NCc1cccc(S(N)(=O)=O)c1. The molecular formula is C16H20N2O2S. The highest BCUT2D eigenvalue weighted by atomic mass is 32.2. The average molecular weight is 304 g/mol.